The van der Waals surface area contributed by atoms with Gasteiger partial charge in [-0.1, -0.05) is 36.4 Å². The second kappa shape index (κ2) is 7.08. The minimum Gasteiger partial charge on any atom is -0.457 e. The number of carbonyl (C=O) groups excluding carboxylic acids is 1. The van der Waals surface area contributed by atoms with Crippen LogP contribution in [-0.4, -0.2) is 25.0 Å². The molecule has 0 amide bonds. The van der Waals surface area contributed by atoms with Crippen molar-refractivity contribution in [3.63, 3.8) is 0 Å². The zero-order chi connectivity index (χ0) is 18.8. The number of rotatable bonds is 4. The third kappa shape index (κ3) is 3.47. The summed E-state index contributed by atoms with van der Waals surface area (Å²) in [5.41, 5.74) is 4.28. The van der Waals surface area contributed by atoms with Gasteiger partial charge < -0.3 is 9.64 Å². The summed E-state index contributed by atoms with van der Waals surface area (Å²) in [6.07, 6.45) is 0. The van der Waals surface area contributed by atoms with Crippen molar-refractivity contribution >= 4 is 33.5 Å². The molecule has 4 heteroatoms. The first kappa shape index (κ1) is 17.0. The lowest BCUT2D eigenvalue weighted by molar-refractivity contribution is 0.0474. The molecule has 4 nitrogen and oxygen atoms in total. The lowest BCUT2D eigenvalue weighted by atomic mass is 10.1. The molecule has 0 aliphatic heterocycles. The number of hydrogen-bond acceptors (Lipinski definition) is 4. The Morgan fingerprint density at radius 1 is 0.926 bits per heavy atom. The average Bonchev–Trinajstić information content (AvgIpc) is 2.70. The molecule has 134 valence electrons. The van der Waals surface area contributed by atoms with Crippen LogP contribution in [0.5, 0.6) is 0 Å². The Kier molecular flexibility index (Phi) is 4.47. The van der Waals surface area contributed by atoms with Gasteiger partial charge in [0.05, 0.1) is 16.6 Å². The molecule has 3 aromatic carbocycles. The second-order valence-electron chi connectivity index (χ2n) is 6.69. The van der Waals surface area contributed by atoms with Crippen LogP contribution in [0.2, 0.25) is 0 Å². The highest BCUT2D eigenvalue weighted by Crippen LogP contribution is 2.23. The Balaban J connectivity index is 1.58. The molecule has 27 heavy (non-hydrogen) atoms. The maximum Gasteiger partial charge on any atom is 0.338 e. The molecule has 0 aliphatic carbocycles. The first-order valence-corrected chi connectivity index (χ1v) is 8.84. The number of benzene rings is 3. The van der Waals surface area contributed by atoms with Crippen LogP contribution in [0.3, 0.4) is 0 Å². The number of esters is 1. The molecule has 0 N–H and O–H groups in total. The monoisotopic (exact) mass is 356 g/mol. The third-order valence-corrected chi connectivity index (χ3v) is 4.61. The standard InChI is InChI=1S/C23H20N2O2/c1-25(2)20-12-10-16(11-13-20)23(26)27-15-19-8-5-7-18-14-17-6-3-4-9-21(17)24-22(18)19/h3-14H,15H2,1-2H3. The molecule has 1 heterocycles. The Bertz CT molecular complexity index is 1120. The number of nitrogens with zero attached hydrogens (tertiary/aromatic N) is 2. The fourth-order valence-corrected chi connectivity index (χ4v) is 3.10. The van der Waals surface area contributed by atoms with Gasteiger partial charge in [0.15, 0.2) is 0 Å². The fourth-order valence-electron chi connectivity index (χ4n) is 3.10. The highest BCUT2D eigenvalue weighted by Gasteiger charge is 2.10. The molecule has 0 bridgehead atoms. The molecule has 1 aromatic heterocycles. The maximum absolute atomic E-state index is 12.4. The maximum atomic E-state index is 12.4. The van der Waals surface area contributed by atoms with Crippen molar-refractivity contribution in [3.8, 4) is 0 Å². The quantitative estimate of drug-likeness (QED) is 0.389. The lowest BCUT2D eigenvalue weighted by Gasteiger charge is -2.12. The van der Waals surface area contributed by atoms with Crippen molar-refractivity contribution in [2.45, 2.75) is 6.61 Å². The molecule has 0 fully saturated rings. The average molecular weight is 356 g/mol. The third-order valence-electron chi connectivity index (χ3n) is 4.61. The molecule has 0 spiro atoms. The van der Waals surface area contributed by atoms with E-state index in [1.54, 1.807) is 12.1 Å². The Hall–Kier alpha value is -3.40. The first-order valence-electron chi connectivity index (χ1n) is 8.84. The van der Waals surface area contributed by atoms with Gasteiger partial charge in [-0.25, -0.2) is 9.78 Å². The van der Waals surface area contributed by atoms with E-state index < -0.39 is 0 Å². The summed E-state index contributed by atoms with van der Waals surface area (Å²) in [6, 6.07) is 23.5. The number of anilines is 1. The number of aromatic nitrogens is 1. The summed E-state index contributed by atoms with van der Waals surface area (Å²) in [4.78, 5) is 19.1. The summed E-state index contributed by atoms with van der Waals surface area (Å²) in [7, 11) is 3.93. The van der Waals surface area contributed by atoms with Crippen LogP contribution >= 0.6 is 0 Å². The van der Waals surface area contributed by atoms with Crippen molar-refractivity contribution < 1.29 is 9.53 Å². The van der Waals surface area contributed by atoms with E-state index in [4.69, 9.17) is 9.72 Å². The number of fused-ring (bicyclic) bond motifs is 2. The number of para-hydroxylation sites is 2. The summed E-state index contributed by atoms with van der Waals surface area (Å²) >= 11 is 0. The summed E-state index contributed by atoms with van der Waals surface area (Å²) in [5.74, 6) is -0.335. The molecule has 0 saturated heterocycles. The van der Waals surface area contributed by atoms with E-state index in [-0.39, 0.29) is 12.6 Å². The van der Waals surface area contributed by atoms with Crippen LogP contribution in [0.1, 0.15) is 15.9 Å². The van der Waals surface area contributed by atoms with Gasteiger partial charge in [0.25, 0.3) is 0 Å². The predicted molar refractivity (Wildman–Crippen MR) is 109 cm³/mol. The minimum atomic E-state index is -0.335. The molecule has 0 radical (unpaired) electrons. The number of carbonyl (C=O) groups is 1. The van der Waals surface area contributed by atoms with Crippen LogP contribution < -0.4 is 4.90 Å². The Morgan fingerprint density at radius 2 is 1.67 bits per heavy atom. The van der Waals surface area contributed by atoms with Crippen molar-refractivity contribution in [2.75, 3.05) is 19.0 Å². The normalized spacial score (nSPS) is 10.9. The van der Waals surface area contributed by atoms with Crippen LogP contribution in [0, 0.1) is 0 Å². The number of pyridine rings is 1. The highest BCUT2D eigenvalue weighted by molar-refractivity contribution is 5.94. The topological polar surface area (TPSA) is 42.4 Å². The van der Waals surface area contributed by atoms with Crippen LogP contribution in [-0.2, 0) is 11.3 Å². The van der Waals surface area contributed by atoms with Gasteiger partial charge in [-0.05, 0) is 36.4 Å². The number of hydrogen-bond donors (Lipinski definition) is 0. The fraction of sp³-hybridized carbons (Fsp3) is 0.130. The molecule has 0 atom stereocenters. The van der Waals surface area contributed by atoms with Gasteiger partial charge in [-0.3, -0.25) is 0 Å². The van der Waals surface area contributed by atoms with Gasteiger partial charge in [0.2, 0.25) is 0 Å². The molecule has 4 rings (SSSR count). The zero-order valence-electron chi connectivity index (χ0n) is 15.3. The molecule has 0 saturated carbocycles. The van der Waals surface area contributed by atoms with E-state index in [2.05, 4.69) is 6.07 Å². The molecule has 4 aromatic rings. The van der Waals surface area contributed by atoms with Gasteiger partial charge in [-0.15, -0.1) is 0 Å². The Labute approximate surface area is 158 Å². The SMILES string of the molecule is CN(C)c1ccc(C(=O)OCc2cccc3cc4ccccc4nc23)cc1. The highest BCUT2D eigenvalue weighted by atomic mass is 16.5. The van der Waals surface area contributed by atoms with Crippen molar-refractivity contribution in [1.82, 2.24) is 4.98 Å². The van der Waals surface area contributed by atoms with E-state index in [0.717, 1.165) is 33.1 Å². The predicted octanol–water partition coefficient (Wildman–Crippen LogP) is 4.81. The van der Waals surface area contributed by atoms with E-state index >= 15 is 0 Å². The van der Waals surface area contributed by atoms with Crippen LogP contribution in [0.4, 0.5) is 5.69 Å². The molecule has 0 aliphatic rings. The summed E-state index contributed by atoms with van der Waals surface area (Å²) in [5, 5.41) is 2.14. The van der Waals surface area contributed by atoms with Gasteiger partial charge in [0, 0.05) is 36.1 Å². The summed E-state index contributed by atoms with van der Waals surface area (Å²) < 4.78 is 5.54. The number of ether oxygens (including phenoxy) is 1. The molecular weight excluding hydrogens is 336 g/mol. The van der Waals surface area contributed by atoms with Crippen molar-refractivity contribution in [1.29, 1.82) is 0 Å². The van der Waals surface area contributed by atoms with E-state index in [9.17, 15) is 4.79 Å². The first-order chi connectivity index (χ1) is 13.1. The van der Waals surface area contributed by atoms with Crippen LogP contribution in [0.25, 0.3) is 21.8 Å². The molecular formula is C23H20N2O2. The van der Waals surface area contributed by atoms with Crippen LogP contribution in [0.15, 0.2) is 72.8 Å². The van der Waals surface area contributed by atoms with Gasteiger partial charge in [-0.2, -0.15) is 0 Å². The van der Waals surface area contributed by atoms with E-state index in [1.165, 1.54) is 0 Å². The van der Waals surface area contributed by atoms with Gasteiger partial charge in [0.1, 0.15) is 6.61 Å². The van der Waals surface area contributed by atoms with Crippen molar-refractivity contribution in [3.05, 3.63) is 83.9 Å². The Morgan fingerprint density at radius 3 is 2.44 bits per heavy atom. The van der Waals surface area contributed by atoms with Gasteiger partial charge >= 0.3 is 5.97 Å². The van der Waals surface area contributed by atoms with E-state index in [0.29, 0.717) is 5.56 Å². The van der Waals surface area contributed by atoms with Crippen molar-refractivity contribution in [2.24, 2.45) is 0 Å². The molecule has 0 unspecified atom stereocenters. The largest absolute Gasteiger partial charge is 0.457 e. The van der Waals surface area contributed by atoms with E-state index in [1.807, 2.05) is 73.6 Å². The summed E-state index contributed by atoms with van der Waals surface area (Å²) in [6.45, 7) is 0.191. The smallest absolute Gasteiger partial charge is 0.338 e. The zero-order valence-corrected chi connectivity index (χ0v) is 15.3. The minimum absolute atomic E-state index is 0.191. The second-order valence-corrected chi connectivity index (χ2v) is 6.69. The lowest BCUT2D eigenvalue weighted by Crippen LogP contribution is -2.10.